The van der Waals surface area contributed by atoms with Crippen LogP contribution in [0, 0.1) is 0 Å². The lowest BCUT2D eigenvalue weighted by atomic mass is 10.2. The van der Waals surface area contributed by atoms with Crippen LogP contribution in [0.2, 0.25) is 0 Å². The second-order valence-electron chi connectivity index (χ2n) is 9.57. The first-order chi connectivity index (χ1) is 15.8. The van der Waals surface area contributed by atoms with Crippen LogP contribution >= 0.6 is 0 Å². The molecule has 0 bridgehead atoms. The highest BCUT2D eigenvalue weighted by atomic mass is 32.2. The molecule has 1 aliphatic carbocycles. The zero-order valence-corrected chi connectivity index (χ0v) is 20.5. The second kappa shape index (κ2) is 7.53. The summed E-state index contributed by atoms with van der Waals surface area (Å²) in [5.74, 6) is -2.52. The molecule has 2 N–H and O–H groups in total. The van der Waals surface area contributed by atoms with E-state index in [1.54, 1.807) is 6.20 Å². The third-order valence-electron chi connectivity index (χ3n) is 7.12. The number of likely N-dealkylation sites (N-methyl/N-ethyl adjacent to an activating group) is 1. The molecule has 188 valence electrons. The minimum absolute atomic E-state index is 0.165. The number of sulfone groups is 1. The van der Waals surface area contributed by atoms with Crippen molar-refractivity contribution in [2.75, 3.05) is 50.9 Å². The molecule has 34 heavy (non-hydrogen) atoms. The standard InChI is InChI=1S/C19H27F2N7O4S2/c1-26(12-19(33(2,29)30)9-18(20,21)10-25-19)34(31,32)28-8-7-27(11-17(28)4-5-17)16-14-3-6-22-15(14)23-13-24-16/h3,6,13,25H,4-5,7-12H2,1-2H3,(H,22,23,24)/t19-/m0/s1. The largest absolute Gasteiger partial charge is 0.353 e. The highest BCUT2D eigenvalue weighted by Gasteiger charge is 2.60. The van der Waals surface area contributed by atoms with E-state index in [9.17, 15) is 25.6 Å². The molecule has 0 radical (unpaired) electrons. The van der Waals surface area contributed by atoms with Crippen molar-refractivity contribution in [3.8, 4) is 0 Å². The Labute approximate surface area is 196 Å². The van der Waals surface area contributed by atoms with Gasteiger partial charge >= 0.3 is 0 Å². The van der Waals surface area contributed by atoms with Gasteiger partial charge in [-0.15, -0.1) is 0 Å². The number of nitrogens with zero attached hydrogens (tertiary/aromatic N) is 5. The van der Waals surface area contributed by atoms with Crippen LogP contribution in [-0.2, 0) is 20.0 Å². The van der Waals surface area contributed by atoms with E-state index in [0.29, 0.717) is 31.6 Å². The molecule has 0 amide bonds. The molecule has 2 aromatic rings. The van der Waals surface area contributed by atoms with Crippen LogP contribution in [0.1, 0.15) is 19.3 Å². The average molecular weight is 520 g/mol. The third kappa shape index (κ3) is 3.77. The maximum atomic E-state index is 14.0. The van der Waals surface area contributed by atoms with E-state index in [1.807, 2.05) is 11.0 Å². The molecule has 3 aliphatic rings. The van der Waals surface area contributed by atoms with Gasteiger partial charge in [-0.2, -0.15) is 17.0 Å². The van der Waals surface area contributed by atoms with Gasteiger partial charge in [0.1, 0.15) is 22.7 Å². The fourth-order valence-electron chi connectivity index (χ4n) is 5.10. The molecule has 1 atom stereocenters. The Morgan fingerprint density at radius 1 is 1.18 bits per heavy atom. The van der Waals surface area contributed by atoms with Gasteiger partial charge in [-0.3, -0.25) is 5.32 Å². The summed E-state index contributed by atoms with van der Waals surface area (Å²) in [6, 6.07) is 1.87. The molecular weight excluding hydrogens is 492 g/mol. The number of aromatic nitrogens is 3. The van der Waals surface area contributed by atoms with Gasteiger partial charge in [-0.25, -0.2) is 27.2 Å². The summed E-state index contributed by atoms with van der Waals surface area (Å²) < 4.78 is 82.3. The van der Waals surface area contributed by atoms with Gasteiger partial charge in [0.25, 0.3) is 16.1 Å². The van der Waals surface area contributed by atoms with E-state index in [2.05, 4.69) is 20.3 Å². The normalized spacial score (nSPS) is 27.1. The number of halogens is 2. The van der Waals surface area contributed by atoms with Crippen LogP contribution in [0.25, 0.3) is 11.0 Å². The lowest BCUT2D eigenvalue weighted by Crippen LogP contribution is -2.62. The minimum atomic E-state index is -4.12. The molecule has 2 saturated heterocycles. The van der Waals surface area contributed by atoms with Gasteiger partial charge in [-0.05, 0) is 18.9 Å². The minimum Gasteiger partial charge on any atom is -0.353 e. The quantitative estimate of drug-likeness (QED) is 0.552. The first kappa shape index (κ1) is 23.8. The summed E-state index contributed by atoms with van der Waals surface area (Å²) in [4.78, 5) is 11.6. The fourth-order valence-corrected chi connectivity index (χ4v) is 8.18. The van der Waals surface area contributed by atoms with Crippen molar-refractivity contribution in [1.29, 1.82) is 0 Å². The molecular formula is C19H27F2N7O4S2. The average Bonchev–Trinajstić information content (AvgIpc) is 3.18. The van der Waals surface area contributed by atoms with Crippen molar-refractivity contribution in [2.24, 2.45) is 0 Å². The molecule has 1 spiro atoms. The van der Waals surface area contributed by atoms with Crippen molar-refractivity contribution < 1.29 is 25.6 Å². The summed E-state index contributed by atoms with van der Waals surface area (Å²) in [5, 5.41) is 3.24. The SMILES string of the molecule is CN(C[C@@]1(S(C)(=O)=O)CC(F)(F)CN1)S(=O)(=O)N1CCN(c2ncnc3[nH]ccc23)CC12CC2. The van der Waals surface area contributed by atoms with Gasteiger partial charge in [0, 0.05) is 52.1 Å². The van der Waals surface area contributed by atoms with Crippen LogP contribution in [0.4, 0.5) is 14.6 Å². The summed E-state index contributed by atoms with van der Waals surface area (Å²) >= 11 is 0. The zero-order chi connectivity index (χ0) is 24.6. The molecule has 15 heteroatoms. The van der Waals surface area contributed by atoms with Gasteiger partial charge in [0.2, 0.25) is 0 Å². The highest BCUT2D eigenvalue weighted by Crippen LogP contribution is 2.47. The monoisotopic (exact) mass is 519 g/mol. The smallest absolute Gasteiger partial charge is 0.282 e. The number of H-pyrrole nitrogens is 1. The summed E-state index contributed by atoms with van der Waals surface area (Å²) in [6.45, 7) is -0.457. The van der Waals surface area contributed by atoms with Crippen LogP contribution in [0.15, 0.2) is 18.6 Å². The second-order valence-corrected chi connectivity index (χ2v) is 13.9. The number of fused-ring (bicyclic) bond motifs is 1. The Kier molecular flexibility index (Phi) is 5.27. The van der Waals surface area contributed by atoms with Crippen LogP contribution < -0.4 is 10.2 Å². The Bertz CT molecular complexity index is 1330. The molecule has 3 fully saturated rings. The van der Waals surface area contributed by atoms with E-state index in [1.165, 1.54) is 17.7 Å². The summed E-state index contributed by atoms with van der Waals surface area (Å²) in [6.07, 6.45) is 4.39. The van der Waals surface area contributed by atoms with Gasteiger partial charge in [0.05, 0.1) is 17.5 Å². The molecule has 2 aromatic heterocycles. The van der Waals surface area contributed by atoms with Gasteiger partial charge < -0.3 is 9.88 Å². The third-order valence-corrected chi connectivity index (χ3v) is 11.0. The Balaban J connectivity index is 1.38. The highest BCUT2D eigenvalue weighted by molar-refractivity contribution is 7.92. The molecule has 5 rings (SSSR count). The number of anilines is 1. The van der Waals surface area contributed by atoms with E-state index in [0.717, 1.165) is 21.8 Å². The van der Waals surface area contributed by atoms with Gasteiger partial charge in [0.15, 0.2) is 9.84 Å². The van der Waals surface area contributed by atoms with Crippen molar-refractivity contribution >= 4 is 36.9 Å². The van der Waals surface area contributed by atoms with Crippen LogP contribution in [0.5, 0.6) is 0 Å². The van der Waals surface area contributed by atoms with E-state index >= 15 is 0 Å². The molecule has 0 aromatic carbocycles. The molecule has 11 nitrogen and oxygen atoms in total. The Morgan fingerprint density at radius 3 is 2.53 bits per heavy atom. The van der Waals surface area contributed by atoms with E-state index in [-0.39, 0.29) is 6.54 Å². The summed E-state index contributed by atoms with van der Waals surface area (Å²) in [5.41, 5.74) is 0.0427. The zero-order valence-electron chi connectivity index (χ0n) is 18.8. The van der Waals surface area contributed by atoms with Crippen LogP contribution in [0.3, 0.4) is 0 Å². The van der Waals surface area contributed by atoms with E-state index in [4.69, 9.17) is 0 Å². The van der Waals surface area contributed by atoms with Crippen molar-refractivity contribution in [3.05, 3.63) is 18.6 Å². The first-order valence-electron chi connectivity index (χ1n) is 10.9. The molecule has 2 aliphatic heterocycles. The predicted molar refractivity (Wildman–Crippen MR) is 121 cm³/mol. The van der Waals surface area contributed by atoms with Crippen molar-refractivity contribution in [2.45, 2.75) is 35.6 Å². The lowest BCUT2D eigenvalue weighted by molar-refractivity contribution is 0.0189. The summed E-state index contributed by atoms with van der Waals surface area (Å²) in [7, 11) is -6.90. The number of alkyl halides is 2. The topological polar surface area (TPSA) is 132 Å². The number of piperazine rings is 1. The predicted octanol–water partition coefficient (Wildman–Crippen LogP) is 0.159. The first-order valence-corrected chi connectivity index (χ1v) is 14.2. The number of hydrogen-bond donors (Lipinski definition) is 2. The Morgan fingerprint density at radius 2 is 1.91 bits per heavy atom. The fraction of sp³-hybridized carbons (Fsp3) is 0.684. The maximum Gasteiger partial charge on any atom is 0.282 e. The van der Waals surface area contributed by atoms with Gasteiger partial charge in [-0.1, -0.05) is 0 Å². The van der Waals surface area contributed by atoms with Crippen molar-refractivity contribution in [1.82, 2.24) is 28.9 Å². The Hall–Kier alpha value is -1.94. The number of rotatable bonds is 6. The maximum absolute atomic E-state index is 14.0. The number of aromatic amines is 1. The molecule has 0 unspecified atom stereocenters. The molecule has 1 saturated carbocycles. The molecule has 4 heterocycles. The number of hydrogen-bond acceptors (Lipinski definition) is 8. The van der Waals surface area contributed by atoms with E-state index < -0.39 is 55.9 Å². The number of nitrogens with one attached hydrogen (secondary N) is 2. The van der Waals surface area contributed by atoms with Crippen molar-refractivity contribution in [3.63, 3.8) is 0 Å². The van der Waals surface area contributed by atoms with Crippen LogP contribution in [-0.4, -0.2) is 103 Å². The lowest BCUT2D eigenvalue weighted by Gasteiger charge is -2.43.